The largest absolute Gasteiger partial charge is 0.482 e. The van der Waals surface area contributed by atoms with E-state index >= 15 is 0 Å². The molecule has 0 bridgehead atoms. The molecule has 224 valence electrons. The Bertz CT molecular complexity index is 1650. The number of nitrogens with zero attached hydrogens (tertiary/aromatic N) is 2. The molecule has 1 aromatic carbocycles. The van der Waals surface area contributed by atoms with Crippen molar-refractivity contribution < 1.29 is 34.0 Å². The molecule has 3 aromatic rings. The van der Waals surface area contributed by atoms with Gasteiger partial charge in [0.05, 0.1) is 36.0 Å². The first-order valence-electron chi connectivity index (χ1n) is 14.4. The first kappa shape index (κ1) is 29.1. The highest BCUT2D eigenvalue weighted by molar-refractivity contribution is 5.89. The lowest BCUT2D eigenvalue weighted by molar-refractivity contribution is -0.263. The van der Waals surface area contributed by atoms with Gasteiger partial charge in [0.15, 0.2) is 0 Å². The van der Waals surface area contributed by atoms with Gasteiger partial charge in [-0.05, 0) is 73.9 Å². The van der Waals surface area contributed by atoms with E-state index in [1.165, 1.54) is 24.3 Å². The lowest BCUT2D eigenvalue weighted by Gasteiger charge is -2.66. The summed E-state index contributed by atoms with van der Waals surface area (Å²) in [6.07, 6.45) is 1.13. The molecule has 8 atom stereocenters. The van der Waals surface area contributed by atoms with Crippen molar-refractivity contribution in [3.63, 3.8) is 0 Å². The number of carbonyl (C=O) groups is 1. The average molecular weight is 587 g/mol. The molecule has 3 aliphatic rings. The molecule has 10 nitrogen and oxygen atoms in total. The summed E-state index contributed by atoms with van der Waals surface area (Å²) in [6.45, 7) is 5.25. The molecule has 0 spiro atoms. The number of hydrogen-bond donors (Lipinski definition) is 3. The third-order valence-corrected chi connectivity index (χ3v) is 10.4. The summed E-state index contributed by atoms with van der Waals surface area (Å²) in [4.78, 5) is 31.0. The van der Waals surface area contributed by atoms with Crippen LogP contribution in [0.2, 0.25) is 0 Å². The maximum Gasteiger partial charge on any atom is 0.345 e. The van der Waals surface area contributed by atoms with Crippen molar-refractivity contribution in [3.05, 3.63) is 82.0 Å². The summed E-state index contributed by atoms with van der Waals surface area (Å²) < 4.78 is 18.5. The molecule has 1 aliphatic heterocycles. The topological polar surface area (TPSA) is 163 Å². The van der Waals surface area contributed by atoms with Gasteiger partial charge in [0.2, 0.25) is 0 Å². The molecule has 2 fully saturated rings. The van der Waals surface area contributed by atoms with Crippen molar-refractivity contribution in [2.24, 2.45) is 22.7 Å². The number of aliphatic hydroxyl groups is 3. The van der Waals surface area contributed by atoms with Gasteiger partial charge in [0.1, 0.15) is 28.8 Å². The summed E-state index contributed by atoms with van der Waals surface area (Å²) in [5.41, 5.74) is -2.60. The third kappa shape index (κ3) is 4.37. The molecular formula is C33H34N2O8. The van der Waals surface area contributed by atoms with Crippen LogP contribution in [0.25, 0.3) is 11.3 Å². The summed E-state index contributed by atoms with van der Waals surface area (Å²) in [6, 6.07) is 13.1. The van der Waals surface area contributed by atoms with Gasteiger partial charge in [0.25, 0.3) is 0 Å². The van der Waals surface area contributed by atoms with Crippen molar-refractivity contribution in [3.8, 4) is 23.1 Å². The fourth-order valence-corrected chi connectivity index (χ4v) is 8.10. The number of aromatic nitrogens is 1. The summed E-state index contributed by atoms with van der Waals surface area (Å²) >= 11 is 0. The second kappa shape index (κ2) is 10.3. The van der Waals surface area contributed by atoms with Gasteiger partial charge in [-0.15, -0.1) is 0 Å². The fourth-order valence-electron chi connectivity index (χ4n) is 8.10. The lowest BCUT2D eigenvalue weighted by atomic mass is 9.42. The van der Waals surface area contributed by atoms with Crippen LogP contribution in [0.15, 0.2) is 64.1 Å². The van der Waals surface area contributed by atoms with E-state index in [2.05, 4.69) is 4.98 Å². The second-order valence-corrected chi connectivity index (χ2v) is 12.7. The smallest absolute Gasteiger partial charge is 0.345 e. The monoisotopic (exact) mass is 586 g/mol. The van der Waals surface area contributed by atoms with Crippen LogP contribution in [0.4, 0.5) is 0 Å². The van der Waals surface area contributed by atoms with Crippen molar-refractivity contribution in [2.45, 2.75) is 63.9 Å². The predicted molar refractivity (Wildman–Crippen MR) is 153 cm³/mol. The standard InChI is InChI=1S/C33H34N2O8/c1-31-11-10-24(37)32(2,17-36)23(31)14-25(42-29(39)19-8-6-18(15-34)7-9-19)33(3)28(31)27(38)26-22(43-33)13-21(41-30(26)40)20-5-4-12-35-16-20/h4-9,12-13,16,23-25,27-28,36-38H,10-11,14,17H2,1-3H3/t23-,24+,25+,27+,28-,31+,32+,33-/m1/s1. The maximum atomic E-state index is 13.5. The molecule has 0 amide bonds. The predicted octanol–water partition coefficient (Wildman–Crippen LogP) is 3.78. The molecule has 3 heterocycles. The first-order valence-corrected chi connectivity index (χ1v) is 14.4. The minimum absolute atomic E-state index is 0.0222. The molecule has 2 aromatic heterocycles. The SMILES string of the molecule is C[C@]12CC[C@H](O)[C@@](C)(CO)[C@@H]1C[C@H](OC(=O)c1ccc(C#N)cc1)[C@@]1(C)Oc3cc(-c4cccnc4)oc(=O)c3[C@H](O)[C@H]21. The Hall–Kier alpha value is -4.04. The zero-order chi connectivity index (χ0) is 30.7. The van der Waals surface area contributed by atoms with Gasteiger partial charge >= 0.3 is 11.6 Å². The molecule has 3 N–H and O–H groups in total. The van der Waals surface area contributed by atoms with Crippen molar-refractivity contribution >= 4 is 5.97 Å². The highest BCUT2D eigenvalue weighted by Gasteiger charge is 2.70. The van der Waals surface area contributed by atoms with Crippen LogP contribution in [0.5, 0.6) is 5.75 Å². The summed E-state index contributed by atoms with van der Waals surface area (Å²) in [7, 11) is 0. The normalized spacial score (nSPS) is 34.5. The molecule has 0 radical (unpaired) electrons. The fraction of sp³-hybridized carbons (Fsp3) is 0.455. The van der Waals surface area contributed by atoms with Gasteiger partial charge in [-0.1, -0.05) is 13.8 Å². The Labute approximate surface area is 248 Å². The van der Waals surface area contributed by atoms with Gasteiger partial charge < -0.3 is 29.2 Å². The van der Waals surface area contributed by atoms with Crippen LogP contribution in [-0.4, -0.2) is 50.7 Å². The van der Waals surface area contributed by atoms with E-state index in [-0.39, 0.29) is 35.7 Å². The van der Waals surface area contributed by atoms with Crippen LogP contribution in [-0.2, 0) is 4.74 Å². The molecule has 6 rings (SSSR count). The number of pyridine rings is 1. The Balaban J connectivity index is 1.48. The van der Waals surface area contributed by atoms with E-state index in [4.69, 9.17) is 19.2 Å². The highest BCUT2D eigenvalue weighted by atomic mass is 16.6. The Morgan fingerprint density at radius 3 is 2.58 bits per heavy atom. The third-order valence-electron chi connectivity index (χ3n) is 10.4. The second-order valence-electron chi connectivity index (χ2n) is 12.7. The van der Waals surface area contributed by atoms with Gasteiger partial charge in [-0.2, -0.15) is 5.26 Å². The van der Waals surface area contributed by atoms with Crippen LogP contribution >= 0.6 is 0 Å². The van der Waals surface area contributed by atoms with E-state index in [0.29, 0.717) is 24.0 Å². The molecule has 43 heavy (non-hydrogen) atoms. The van der Waals surface area contributed by atoms with Crippen molar-refractivity contribution in [2.75, 3.05) is 6.61 Å². The summed E-state index contributed by atoms with van der Waals surface area (Å²) in [5, 5.41) is 42.9. The molecule has 10 heteroatoms. The Morgan fingerprint density at radius 1 is 1.19 bits per heavy atom. The number of benzene rings is 1. The van der Waals surface area contributed by atoms with Gasteiger partial charge in [-0.3, -0.25) is 4.98 Å². The Kier molecular flexibility index (Phi) is 6.96. The number of esters is 1. The van der Waals surface area contributed by atoms with Crippen LogP contribution in [0.3, 0.4) is 0 Å². The molecule has 0 saturated heterocycles. The van der Waals surface area contributed by atoms with E-state index in [0.717, 1.165) is 0 Å². The molecule has 0 unspecified atom stereocenters. The zero-order valence-electron chi connectivity index (χ0n) is 24.2. The number of carbonyl (C=O) groups excluding carboxylic acids is 1. The van der Waals surface area contributed by atoms with Crippen LogP contribution in [0, 0.1) is 34.0 Å². The molecule has 2 aliphatic carbocycles. The molecule has 2 saturated carbocycles. The number of aliphatic hydroxyl groups excluding tert-OH is 3. The van der Waals surface area contributed by atoms with E-state index < -0.39 is 58.2 Å². The zero-order valence-corrected chi connectivity index (χ0v) is 24.2. The highest BCUT2D eigenvalue weighted by Crippen LogP contribution is 2.67. The number of hydrogen-bond acceptors (Lipinski definition) is 10. The van der Waals surface area contributed by atoms with E-state index in [1.807, 2.05) is 13.0 Å². The number of ether oxygens (including phenoxy) is 2. The first-order chi connectivity index (χ1) is 20.5. The minimum Gasteiger partial charge on any atom is -0.482 e. The minimum atomic E-state index is -1.35. The lowest BCUT2D eigenvalue weighted by Crippen LogP contribution is -2.71. The average Bonchev–Trinajstić information content (AvgIpc) is 3.00. The molecular weight excluding hydrogens is 552 g/mol. The summed E-state index contributed by atoms with van der Waals surface area (Å²) in [5.74, 6) is -1.48. The van der Waals surface area contributed by atoms with Gasteiger partial charge in [-0.25, -0.2) is 9.59 Å². The number of nitriles is 1. The van der Waals surface area contributed by atoms with E-state index in [9.17, 15) is 24.9 Å². The maximum absolute atomic E-state index is 13.5. The number of rotatable bonds is 4. The van der Waals surface area contributed by atoms with Crippen molar-refractivity contribution in [1.29, 1.82) is 5.26 Å². The van der Waals surface area contributed by atoms with Crippen LogP contribution < -0.4 is 10.4 Å². The van der Waals surface area contributed by atoms with Gasteiger partial charge in [0, 0.05) is 35.4 Å². The van der Waals surface area contributed by atoms with Crippen molar-refractivity contribution in [1.82, 2.24) is 4.98 Å². The van der Waals surface area contributed by atoms with Crippen LogP contribution in [0.1, 0.15) is 67.6 Å². The number of fused-ring (bicyclic) bond motifs is 4. The Morgan fingerprint density at radius 2 is 1.93 bits per heavy atom. The quantitative estimate of drug-likeness (QED) is 0.384. The van der Waals surface area contributed by atoms with E-state index in [1.54, 1.807) is 44.4 Å².